The molecule has 1 aromatic rings. The third-order valence-electron chi connectivity index (χ3n) is 2.97. The Morgan fingerprint density at radius 2 is 1.95 bits per heavy atom. The van der Waals surface area contributed by atoms with E-state index in [2.05, 4.69) is 10.6 Å². The van der Waals surface area contributed by atoms with E-state index >= 15 is 0 Å². The summed E-state index contributed by atoms with van der Waals surface area (Å²) in [6.07, 6.45) is 1.61. The number of aliphatic carboxylic acids is 1. The molecule has 0 saturated carbocycles. The summed E-state index contributed by atoms with van der Waals surface area (Å²) in [5.74, 6) is -1.03. The predicted octanol–water partition coefficient (Wildman–Crippen LogP) is 1.07. The summed E-state index contributed by atoms with van der Waals surface area (Å²) in [5.41, 5.74) is -2.02. The molecule has 22 heavy (non-hydrogen) atoms. The molecule has 1 aromatic heterocycles. The minimum atomic E-state index is -2.05. The van der Waals surface area contributed by atoms with Gasteiger partial charge in [-0.15, -0.1) is 0 Å². The topological polar surface area (TPSA) is 127 Å². The van der Waals surface area contributed by atoms with E-state index in [1.54, 1.807) is 10.8 Å². The Kier molecular flexibility index (Phi) is 4.84. The number of carbonyl (C=O) groups excluding carboxylic acids is 1. The van der Waals surface area contributed by atoms with Crippen molar-refractivity contribution < 1.29 is 19.8 Å². The summed E-state index contributed by atoms with van der Waals surface area (Å²) < 4.78 is 1.72. The van der Waals surface area contributed by atoms with Crippen LogP contribution in [-0.2, 0) is 10.3 Å². The smallest absolute Gasteiger partial charge is 0.337 e. The number of aliphatic hydroxyl groups is 1. The molecule has 0 aliphatic rings. The number of nitrogens with zero attached hydrogens (tertiary/aromatic N) is 2. The van der Waals surface area contributed by atoms with Crippen LogP contribution in [0.15, 0.2) is 12.3 Å². The number of rotatable bonds is 4. The van der Waals surface area contributed by atoms with Gasteiger partial charge in [0.15, 0.2) is 5.60 Å². The second-order valence-electron chi connectivity index (χ2n) is 6.15. The lowest BCUT2D eigenvalue weighted by Gasteiger charge is -2.25. The van der Waals surface area contributed by atoms with E-state index in [1.165, 1.54) is 6.07 Å². The fourth-order valence-electron chi connectivity index (χ4n) is 1.66. The molecule has 120 valence electrons. The first-order valence-corrected chi connectivity index (χ1v) is 6.61. The van der Waals surface area contributed by atoms with Crippen molar-refractivity contribution >= 4 is 17.8 Å². The maximum absolute atomic E-state index is 11.8. The SMILES string of the molecule is CC(O)(CNC(=O)Nc1cc(C#N)cn1C(C)(C)C)C(=O)O. The van der Waals surface area contributed by atoms with Gasteiger partial charge in [-0.25, -0.2) is 9.59 Å². The van der Waals surface area contributed by atoms with Crippen molar-refractivity contribution in [1.29, 1.82) is 5.26 Å². The fourth-order valence-corrected chi connectivity index (χ4v) is 1.66. The summed E-state index contributed by atoms with van der Waals surface area (Å²) in [6, 6.07) is 2.84. The third-order valence-corrected chi connectivity index (χ3v) is 2.97. The van der Waals surface area contributed by atoms with E-state index in [4.69, 9.17) is 10.4 Å². The molecule has 0 aromatic carbocycles. The van der Waals surface area contributed by atoms with Crippen molar-refractivity contribution in [3.8, 4) is 6.07 Å². The van der Waals surface area contributed by atoms with Gasteiger partial charge in [-0.1, -0.05) is 0 Å². The molecule has 0 aliphatic heterocycles. The molecule has 1 unspecified atom stereocenters. The highest BCUT2D eigenvalue weighted by molar-refractivity contribution is 5.89. The summed E-state index contributed by atoms with van der Waals surface area (Å²) in [5, 5.41) is 32.1. The first kappa shape index (κ1) is 17.5. The van der Waals surface area contributed by atoms with Crippen molar-refractivity contribution in [2.24, 2.45) is 0 Å². The number of nitrogens with one attached hydrogen (secondary N) is 2. The number of nitriles is 1. The maximum atomic E-state index is 11.8. The number of aromatic nitrogens is 1. The lowest BCUT2D eigenvalue weighted by atomic mass is 10.1. The largest absolute Gasteiger partial charge is 0.479 e. The maximum Gasteiger partial charge on any atom is 0.337 e. The molecule has 0 spiro atoms. The van der Waals surface area contributed by atoms with E-state index in [-0.39, 0.29) is 5.54 Å². The number of urea groups is 1. The van der Waals surface area contributed by atoms with Crippen LogP contribution in [0.2, 0.25) is 0 Å². The molecule has 1 heterocycles. The van der Waals surface area contributed by atoms with Gasteiger partial charge in [0.2, 0.25) is 0 Å². The van der Waals surface area contributed by atoms with Gasteiger partial charge in [-0.2, -0.15) is 5.26 Å². The van der Waals surface area contributed by atoms with Crippen LogP contribution in [0.1, 0.15) is 33.3 Å². The first-order chi connectivity index (χ1) is 9.97. The van der Waals surface area contributed by atoms with Crippen LogP contribution in [0.3, 0.4) is 0 Å². The van der Waals surface area contributed by atoms with Crippen molar-refractivity contribution in [3.63, 3.8) is 0 Å². The molecule has 0 aliphatic carbocycles. The Hall–Kier alpha value is -2.53. The standard InChI is InChI=1S/C14H20N4O4/c1-13(2,3)18-7-9(6-15)5-10(18)17-12(21)16-8-14(4,22)11(19)20/h5,7,22H,8H2,1-4H3,(H,19,20)(H2,16,17,21). The van der Waals surface area contributed by atoms with Gasteiger partial charge in [-0.3, -0.25) is 5.32 Å². The van der Waals surface area contributed by atoms with Gasteiger partial charge < -0.3 is 20.1 Å². The Labute approximate surface area is 128 Å². The Morgan fingerprint density at radius 1 is 1.36 bits per heavy atom. The average Bonchev–Trinajstić information content (AvgIpc) is 2.79. The van der Waals surface area contributed by atoms with E-state index in [1.807, 2.05) is 26.8 Å². The second kappa shape index (κ2) is 6.07. The molecule has 8 nitrogen and oxygen atoms in total. The molecule has 0 saturated heterocycles. The van der Waals surface area contributed by atoms with Gasteiger partial charge in [0, 0.05) is 11.7 Å². The van der Waals surface area contributed by atoms with Gasteiger partial charge >= 0.3 is 12.0 Å². The van der Waals surface area contributed by atoms with Crippen LogP contribution < -0.4 is 10.6 Å². The average molecular weight is 308 g/mol. The fraction of sp³-hybridized carbons (Fsp3) is 0.500. The highest BCUT2D eigenvalue weighted by Crippen LogP contribution is 2.23. The quantitative estimate of drug-likeness (QED) is 0.661. The van der Waals surface area contributed by atoms with Crippen molar-refractivity contribution in [2.75, 3.05) is 11.9 Å². The van der Waals surface area contributed by atoms with E-state index in [9.17, 15) is 14.7 Å². The molecular weight excluding hydrogens is 288 g/mol. The van der Waals surface area contributed by atoms with Crippen LogP contribution in [-0.4, -0.2) is 38.9 Å². The van der Waals surface area contributed by atoms with Gasteiger partial charge in [0.25, 0.3) is 0 Å². The molecule has 0 fully saturated rings. The van der Waals surface area contributed by atoms with Gasteiger partial charge in [0.1, 0.15) is 11.9 Å². The van der Waals surface area contributed by atoms with Crippen LogP contribution >= 0.6 is 0 Å². The number of carboxylic acid groups (broad SMARTS) is 1. The first-order valence-electron chi connectivity index (χ1n) is 6.61. The molecule has 1 atom stereocenters. The van der Waals surface area contributed by atoms with Gasteiger partial charge in [-0.05, 0) is 33.8 Å². The molecular formula is C14H20N4O4. The minimum absolute atomic E-state index is 0.357. The Morgan fingerprint density at radius 3 is 2.41 bits per heavy atom. The highest BCUT2D eigenvalue weighted by atomic mass is 16.4. The van der Waals surface area contributed by atoms with Crippen LogP contribution in [0.5, 0.6) is 0 Å². The Balaban J connectivity index is 2.83. The highest BCUT2D eigenvalue weighted by Gasteiger charge is 2.30. The van der Waals surface area contributed by atoms with E-state index in [0.717, 1.165) is 6.92 Å². The lowest BCUT2D eigenvalue weighted by Crippen LogP contribution is -2.47. The van der Waals surface area contributed by atoms with E-state index in [0.29, 0.717) is 11.4 Å². The molecule has 8 heteroatoms. The number of carbonyl (C=O) groups is 2. The molecule has 1 rings (SSSR count). The Bertz CT molecular complexity index is 620. The summed E-state index contributed by atoms with van der Waals surface area (Å²) >= 11 is 0. The van der Waals surface area contributed by atoms with Gasteiger partial charge in [0.05, 0.1) is 12.1 Å². The summed E-state index contributed by atoms with van der Waals surface area (Å²) in [7, 11) is 0. The lowest BCUT2D eigenvalue weighted by molar-refractivity contribution is -0.155. The van der Waals surface area contributed by atoms with Crippen LogP contribution in [0.25, 0.3) is 0 Å². The van der Waals surface area contributed by atoms with E-state index < -0.39 is 24.1 Å². The number of amides is 2. The number of hydrogen-bond donors (Lipinski definition) is 4. The number of hydrogen-bond acceptors (Lipinski definition) is 4. The monoisotopic (exact) mass is 308 g/mol. The predicted molar refractivity (Wildman–Crippen MR) is 79.4 cm³/mol. The molecule has 2 amide bonds. The normalized spacial score (nSPS) is 13.8. The zero-order valence-electron chi connectivity index (χ0n) is 13.0. The van der Waals surface area contributed by atoms with Crippen LogP contribution in [0.4, 0.5) is 10.6 Å². The minimum Gasteiger partial charge on any atom is -0.479 e. The second-order valence-corrected chi connectivity index (χ2v) is 6.15. The zero-order valence-corrected chi connectivity index (χ0v) is 13.0. The third kappa shape index (κ3) is 4.23. The number of anilines is 1. The van der Waals surface area contributed by atoms with Crippen LogP contribution in [0, 0.1) is 11.3 Å². The summed E-state index contributed by atoms with van der Waals surface area (Å²) in [6.45, 7) is 6.36. The number of carboxylic acids is 1. The van der Waals surface area contributed by atoms with Crippen molar-refractivity contribution in [3.05, 3.63) is 17.8 Å². The molecule has 0 bridgehead atoms. The van der Waals surface area contributed by atoms with Crippen molar-refractivity contribution in [1.82, 2.24) is 9.88 Å². The zero-order chi connectivity index (χ0) is 17.1. The molecule has 0 radical (unpaired) electrons. The van der Waals surface area contributed by atoms with Crippen molar-refractivity contribution in [2.45, 2.75) is 38.8 Å². The summed E-state index contributed by atoms with van der Waals surface area (Å²) in [4.78, 5) is 22.6. The molecule has 4 N–H and O–H groups in total.